The number of unbranched alkanes of at least 4 members (excludes halogenated alkanes) is 2. The number of fused-ring (bicyclic) bond motifs is 2. The highest BCUT2D eigenvalue weighted by molar-refractivity contribution is 5.98. The van der Waals surface area contributed by atoms with E-state index in [2.05, 4.69) is 54.6 Å². The van der Waals surface area contributed by atoms with Gasteiger partial charge in [-0.3, -0.25) is 0 Å². The molecule has 0 N–H and O–H groups in total. The van der Waals surface area contributed by atoms with Gasteiger partial charge in [-0.25, -0.2) is 0 Å². The number of benzene rings is 3. The number of hydrogen-bond acceptors (Lipinski definition) is 0. The first-order valence-electron chi connectivity index (χ1n) is 7.32. The molecular weight excluding hydrogens is 240 g/mol. The molecule has 0 unspecified atom stereocenters. The molecule has 0 nitrogen and oxygen atoms in total. The van der Waals surface area contributed by atoms with Crippen molar-refractivity contribution in [2.24, 2.45) is 0 Å². The normalized spacial score (nSPS) is 11.0. The average molecular weight is 259 g/mol. The molecule has 0 heteroatoms. The molecule has 0 saturated heterocycles. The van der Waals surface area contributed by atoms with Crippen LogP contribution in [0.1, 0.15) is 24.8 Å². The highest BCUT2D eigenvalue weighted by Gasteiger charge is 2.00. The number of rotatable bonds is 5. The van der Waals surface area contributed by atoms with E-state index < -0.39 is 0 Å². The van der Waals surface area contributed by atoms with E-state index in [9.17, 15) is 0 Å². The van der Waals surface area contributed by atoms with Crippen LogP contribution in [-0.4, -0.2) is 0 Å². The Morgan fingerprint density at radius 1 is 0.750 bits per heavy atom. The molecule has 3 rings (SSSR count). The Labute approximate surface area is 120 Å². The molecule has 20 heavy (non-hydrogen) atoms. The maximum Gasteiger partial charge on any atom is -0.0175 e. The summed E-state index contributed by atoms with van der Waals surface area (Å²) < 4.78 is 0. The first-order chi connectivity index (χ1) is 9.86. The maximum absolute atomic E-state index is 5.41. The summed E-state index contributed by atoms with van der Waals surface area (Å²) in [5, 5.41) is 5.29. The minimum absolute atomic E-state index is 1.01. The van der Waals surface area contributed by atoms with Gasteiger partial charge in [0.05, 0.1) is 0 Å². The van der Waals surface area contributed by atoms with E-state index >= 15 is 0 Å². The zero-order valence-corrected chi connectivity index (χ0v) is 11.7. The molecule has 99 valence electrons. The van der Waals surface area contributed by atoms with Crippen LogP contribution in [0.25, 0.3) is 21.5 Å². The summed E-state index contributed by atoms with van der Waals surface area (Å²) in [5.41, 5.74) is 1.42. The lowest BCUT2D eigenvalue weighted by molar-refractivity contribution is 0.748. The predicted molar refractivity (Wildman–Crippen MR) is 87.9 cm³/mol. The summed E-state index contributed by atoms with van der Waals surface area (Å²) in [4.78, 5) is 0. The van der Waals surface area contributed by atoms with Crippen molar-refractivity contribution in [1.82, 2.24) is 0 Å². The number of aryl methyl sites for hydroxylation is 1. The third-order valence-corrected chi connectivity index (χ3v) is 3.86. The Morgan fingerprint density at radius 2 is 1.45 bits per heavy atom. The molecular formula is C20H19. The van der Waals surface area contributed by atoms with E-state index in [0.717, 1.165) is 12.8 Å². The molecule has 3 aromatic rings. The van der Waals surface area contributed by atoms with Crippen LogP contribution in [0.3, 0.4) is 0 Å². The van der Waals surface area contributed by atoms with Crippen molar-refractivity contribution >= 4 is 21.5 Å². The Hall–Kier alpha value is -2.08. The van der Waals surface area contributed by atoms with Crippen LogP contribution in [0.2, 0.25) is 0 Å². The lowest BCUT2D eigenvalue weighted by atomic mass is 9.99. The van der Waals surface area contributed by atoms with E-state index in [-0.39, 0.29) is 0 Å². The van der Waals surface area contributed by atoms with Crippen molar-refractivity contribution in [2.45, 2.75) is 25.7 Å². The second kappa shape index (κ2) is 5.92. The fourth-order valence-corrected chi connectivity index (χ4v) is 2.74. The molecule has 3 aromatic carbocycles. The average Bonchev–Trinajstić information content (AvgIpc) is 2.49. The SMILES string of the molecule is [CH]=CCCCCc1ccc2cc3ccccc3cc2c1. The van der Waals surface area contributed by atoms with Gasteiger partial charge in [0.25, 0.3) is 0 Å². The molecule has 0 aliphatic rings. The summed E-state index contributed by atoms with van der Waals surface area (Å²) in [6, 6.07) is 19.9. The van der Waals surface area contributed by atoms with E-state index in [1.807, 2.05) is 0 Å². The van der Waals surface area contributed by atoms with E-state index in [1.54, 1.807) is 6.08 Å². The number of hydrogen-bond donors (Lipinski definition) is 0. The zero-order valence-electron chi connectivity index (χ0n) is 11.7. The van der Waals surface area contributed by atoms with Crippen molar-refractivity contribution in [1.29, 1.82) is 0 Å². The maximum atomic E-state index is 5.41. The Morgan fingerprint density at radius 3 is 2.20 bits per heavy atom. The van der Waals surface area contributed by atoms with E-state index in [1.165, 1.54) is 39.9 Å². The molecule has 0 saturated carbocycles. The smallest absolute Gasteiger partial charge is 0.0175 e. The molecule has 0 aliphatic heterocycles. The van der Waals surface area contributed by atoms with Crippen LogP contribution in [-0.2, 0) is 6.42 Å². The Balaban J connectivity index is 1.89. The molecule has 0 aromatic heterocycles. The van der Waals surface area contributed by atoms with Gasteiger partial charge in [0.1, 0.15) is 0 Å². The van der Waals surface area contributed by atoms with Crippen molar-refractivity contribution in [3.05, 3.63) is 72.8 Å². The molecule has 0 fully saturated rings. The first-order valence-corrected chi connectivity index (χ1v) is 7.32. The first kappa shape index (κ1) is 12.9. The molecule has 0 amide bonds. The summed E-state index contributed by atoms with van der Waals surface area (Å²) in [5.74, 6) is 0. The van der Waals surface area contributed by atoms with Gasteiger partial charge in [0.2, 0.25) is 0 Å². The molecule has 0 bridgehead atoms. The van der Waals surface area contributed by atoms with Crippen LogP contribution in [0.15, 0.2) is 60.7 Å². The highest BCUT2D eigenvalue weighted by Crippen LogP contribution is 2.24. The minimum Gasteiger partial charge on any atom is -0.0845 e. The third kappa shape index (κ3) is 2.75. The van der Waals surface area contributed by atoms with Crippen molar-refractivity contribution in [2.75, 3.05) is 0 Å². The van der Waals surface area contributed by atoms with Gasteiger partial charge in [-0.2, -0.15) is 0 Å². The molecule has 1 radical (unpaired) electrons. The molecule has 0 atom stereocenters. The Bertz CT molecular complexity index is 737. The third-order valence-electron chi connectivity index (χ3n) is 3.86. The van der Waals surface area contributed by atoms with Crippen LogP contribution in [0.5, 0.6) is 0 Å². The van der Waals surface area contributed by atoms with Crippen LogP contribution >= 0.6 is 0 Å². The summed E-state index contributed by atoms with van der Waals surface area (Å²) >= 11 is 0. The Kier molecular flexibility index (Phi) is 3.83. The monoisotopic (exact) mass is 259 g/mol. The van der Waals surface area contributed by atoms with Gasteiger partial charge in [0, 0.05) is 0 Å². The van der Waals surface area contributed by atoms with Crippen LogP contribution < -0.4 is 0 Å². The zero-order chi connectivity index (χ0) is 13.8. The van der Waals surface area contributed by atoms with E-state index in [4.69, 9.17) is 6.58 Å². The predicted octanol–water partition coefficient (Wildman–Crippen LogP) is 5.69. The van der Waals surface area contributed by atoms with Crippen molar-refractivity contribution < 1.29 is 0 Å². The topological polar surface area (TPSA) is 0 Å². The van der Waals surface area contributed by atoms with Gasteiger partial charge >= 0.3 is 0 Å². The summed E-state index contributed by atoms with van der Waals surface area (Å²) in [6.07, 6.45) is 6.28. The molecule has 0 spiro atoms. The number of allylic oxidation sites excluding steroid dienone is 1. The van der Waals surface area contributed by atoms with Crippen molar-refractivity contribution in [3.8, 4) is 0 Å². The second-order valence-electron chi connectivity index (χ2n) is 5.36. The van der Waals surface area contributed by atoms with Crippen LogP contribution in [0, 0.1) is 6.58 Å². The van der Waals surface area contributed by atoms with Gasteiger partial charge in [-0.1, -0.05) is 55.1 Å². The van der Waals surface area contributed by atoms with Gasteiger partial charge in [-0.05, 0) is 64.9 Å². The van der Waals surface area contributed by atoms with Crippen molar-refractivity contribution in [3.63, 3.8) is 0 Å². The summed E-state index contributed by atoms with van der Waals surface area (Å²) in [6.45, 7) is 5.41. The quantitative estimate of drug-likeness (QED) is 0.407. The lowest BCUT2D eigenvalue weighted by Crippen LogP contribution is -1.86. The van der Waals surface area contributed by atoms with Crippen LogP contribution in [0.4, 0.5) is 0 Å². The minimum atomic E-state index is 1.01. The highest BCUT2D eigenvalue weighted by atomic mass is 14.0. The van der Waals surface area contributed by atoms with Gasteiger partial charge < -0.3 is 0 Å². The fourth-order valence-electron chi connectivity index (χ4n) is 2.74. The molecule has 0 aliphatic carbocycles. The standard InChI is InChI=1S/C20H19/c1-2-3-4-5-8-16-11-12-19-14-17-9-6-7-10-18(17)15-20(19)13-16/h1-2,6-7,9-15H,3-5,8H2. The van der Waals surface area contributed by atoms with E-state index in [0.29, 0.717) is 0 Å². The second-order valence-corrected chi connectivity index (χ2v) is 5.36. The van der Waals surface area contributed by atoms with Gasteiger partial charge in [-0.15, -0.1) is 0 Å². The van der Waals surface area contributed by atoms with Gasteiger partial charge in [0.15, 0.2) is 0 Å². The molecule has 0 heterocycles. The fraction of sp³-hybridized carbons (Fsp3) is 0.200. The lowest BCUT2D eigenvalue weighted by Gasteiger charge is -2.06. The summed E-state index contributed by atoms with van der Waals surface area (Å²) in [7, 11) is 0. The largest absolute Gasteiger partial charge is 0.0845 e.